The van der Waals surface area contributed by atoms with Gasteiger partial charge < -0.3 is 9.47 Å². The smallest absolute Gasteiger partial charge is 0.0541 e. The molecule has 0 saturated heterocycles. The molecular weight excluding hydrogens is 569 g/mol. The van der Waals surface area contributed by atoms with E-state index in [-0.39, 0.29) is 5.41 Å². The Bertz CT molecular complexity index is 2420. The number of anilines is 3. The number of aromatic nitrogens is 1. The minimum absolute atomic E-state index is 0.0591. The van der Waals surface area contributed by atoms with E-state index in [1.807, 2.05) is 0 Å². The number of benzene rings is 7. The predicted octanol–water partition coefficient (Wildman–Crippen LogP) is 12.2. The number of hydrogen-bond acceptors (Lipinski definition) is 1. The highest BCUT2D eigenvalue weighted by Crippen LogP contribution is 2.50. The Hall–Kier alpha value is -5.86. The van der Waals surface area contributed by atoms with Gasteiger partial charge in [-0.1, -0.05) is 117 Å². The van der Waals surface area contributed by atoms with Crippen LogP contribution in [0, 0.1) is 0 Å². The van der Waals surface area contributed by atoms with Crippen molar-refractivity contribution >= 4 is 38.9 Å². The van der Waals surface area contributed by atoms with Crippen molar-refractivity contribution in [3.05, 3.63) is 181 Å². The third kappa shape index (κ3) is 4.33. The lowest BCUT2D eigenvalue weighted by Gasteiger charge is -2.28. The van der Waals surface area contributed by atoms with Crippen LogP contribution in [0.15, 0.2) is 170 Å². The SMILES string of the molecule is CC1(C)c2ccccc2-c2ccc(N(c3ccccc3)c3ccc(-c4ccc5c(c4)c4ccccc4n5-c4ccccc4)cc3)cc21. The van der Waals surface area contributed by atoms with Crippen LogP contribution < -0.4 is 4.90 Å². The summed E-state index contributed by atoms with van der Waals surface area (Å²) in [6, 6.07) is 61.8. The van der Waals surface area contributed by atoms with Gasteiger partial charge in [0, 0.05) is 38.9 Å². The Morgan fingerprint density at radius 3 is 1.83 bits per heavy atom. The molecule has 1 aliphatic carbocycles. The number of nitrogens with zero attached hydrogens (tertiary/aromatic N) is 2. The fraction of sp³-hybridized carbons (Fsp3) is 0.0667. The summed E-state index contributed by atoms with van der Waals surface area (Å²) in [6.07, 6.45) is 0. The van der Waals surface area contributed by atoms with Gasteiger partial charge in [-0.2, -0.15) is 0 Å². The summed E-state index contributed by atoms with van der Waals surface area (Å²) in [5.74, 6) is 0. The molecule has 0 radical (unpaired) electrons. The van der Waals surface area contributed by atoms with Gasteiger partial charge in [-0.05, 0) is 100 Å². The first kappa shape index (κ1) is 27.5. The van der Waals surface area contributed by atoms with Gasteiger partial charge in [-0.3, -0.25) is 0 Å². The largest absolute Gasteiger partial charge is 0.310 e. The van der Waals surface area contributed by atoms with Crippen LogP contribution in [-0.2, 0) is 5.41 Å². The standard InChI is InChI=1S/C45H34N2/c1-45(2)41-19-11-9-17-37(41)38-27-26-36(30-42(38)45)46(33-13-5-3-6-14-33)35-24-21-31(22-25-35)32-23-28-44-40(29-32)39-18-10-12-20-43(39)47(44)34-15-7-4-8-16-34/h3-30H,1-2H3. The summed E-state index contributed by atoms with van der Waals surface area (Å²) in [7, 11) is 0. The van der Waals surface area contributed by atoms with Crippen LogP contribution >= 0.6 is 0 Å². The fourth-order valence-electron chi connectivity index (χ4n) is 7.67. The Balaban J connectivity index is 1.13. The first-order chi connectivity index (χ1) is 23.1. The quantitative estimate of drug-likeness (QED) is 0.190. The van der Waals surface area contributed by atoms with E-state index in [1.165, 1.54) is 66.6 Å². The monoisotopic (exact) mass is 602 g/mol. The highest BCUT2D eigenvalue weighted by atomic mass is 15.1. The highest BCUT2D eigenvalue weighted by Gasteiger charge is 2.35. The predicted molar refractivity (Wildman–Crippen MR) is 198 cm³/mol. The lowest BCUT2D eigenvalue weighted by Crippen LogP contribution is -2.16. The molecule has 0 atom stereocenters. The van der Waals surface area contributed by atoms with E-state index in [0.29, 0.717) is 0 Å². The zero-order valence-corrected chi connectivity index (χ0v) is 26.6. The van der Waals surface area contributed by atoms with E-state index >= 15 is 0 Å². The zero-order chi connectivity index (χ0) is 31.5. The second-order valence-corrected chi connectivity index (χ2v) is 13.0. The third-order valence-corrected chi connectivity index (χ3v) is 9.99. The Kier molecular flexibility index (Phi) is 6.20. The van der Waals surface area contributed by atoms with Gasteiger partial charge in [0.2, 0.25) is 0 Å². The zero-order valence-electron chi connectivity index (χ0n) is 26.6. The first-order valence-electron chi connectivity index (χ1n) is 16.4. The van der Waals surface area contributed by atoms with E-state index in [1.54, 1.807) is 0 Å². The van der Waals surface area contributed by atoms with Crippen molar-refractivity contribution in [1.82, 2.24) is 4.57 Å². The van der Waals surface area contributed by atoms with E-state index in [4.69, 9.17) is 0 Å². The summed E-state index contributed by atoms with van der Waals surface area (Å²) in [5.41, 5.74) is 14.9. The van der Waals surface area contributed by atoms with Gasteiger partial charge in [0.25, 0.3) is 0 Å². The van der Waals surface area contributed by atoms with Crippen molar-refractivity contribution in [2.45, 2.75) is 19.3 Å². The summed E-state index contributed by atoms with van der Waals surface area (Å²) in [4.78, 5) is 2.37. The van der Waals surface area contributed by atoms with Crippen LogP contribution in [0.1, 0.15) is 25.0 Å². The lowest BCUT2D eigenvalue weighted by molar-refractivity contribution is 0.660. The average Bonchev–Trinajstić information content (AvgIpc) is 3.58. The molecule has 1 aromatic heterocycles. The van der Waals surface area contributed by atoms with Crippen molar-refractivity contribution in [2.24, 2.45) is 0 Å². The summed E-state index contributed by atoms with van der Waals surface area (Å²) in [5, 5.41) is 2.53. The molecule has 224 valence electrons. The molecule has 0 spiro atoms. The molecule has 2 heteroatoms. The van der Waals surface area contributed by atoms with Crippen molar-refractivity contribution in [2.75, 3.05) is 4.90 Å². The third-order valence-electron chi connectivity index (χ3n) is 9.99. The number of fused-ring (bicyclic) bond motifs is 6. The van der Waals surface area contributed by atoms with Gasteiger partial charge in [-0.25, -0.2) is 0 Å². The van der Waals surface area contributed by atoms with Crippen LogP contribution in [0.5, 0.6) is 0 Å². The van der Waals surface area contributed by atoms with E-state index in [2.05, 4.69) is 193 Å². The molecule has 8 aromatic rings. The molecule has 0 unspecified atom stereocenters. The second kappa shape index (κ2) is 10.6. The van der Waals surface area contributed by atoms with Crippen LogP contribution in [0.2, 0.25) is 0 Å². The van der Waals surface area contributed by atoms with Crippen molar-refractivity contribution in [1.29, 1.82) is 0 Å². The molecule has 7 aromatic carbocycles. The lowest BCUT2D eigenvalue weighted by atomic mass is 9.82. The minimum Gasteiger partial charge on any atom is -0.310 e. The molecule has 2 nitrogen and oxygen atoms in total. The van der Waals surface area contributed by atoms with E-state index < -0.39 is 0 Å². The maximum atomic E-state index is 2.40. The molecule has 9 rings (SSSR count). The van der Waals surface area contributed by atoms with Crippen LogP contribution in [0.3, 0.4) is 0 Å². The molecule has 1 heterocycles. The molecule has 1 aliphatic rings. The molecular formula is C45H34N2. The van der Waals surface area contributed by atoms with Gasteiger partial charge in [0.1, 0.15) is 0 Å². The van der Waals surface area contributed by atoms with Gasteiger partial charge in [-0.15, -0.1) is 0 Å². The maximum Gasteiger partial charge on any atom is 0.0541 e. The van der Waals surface area contributed by atoms with Crippen molar-refractivity contribution in [3.8, 4) is 27.9 Å². The molecule has 47 heavy (non-hydrogen) atoms. The number of rotatable bonds is 5. The van der Waals surface area contributed by atoms with Crippen LogP contribution in [0.4, 0.5) is 17.1 Å². The summed E-state index contributed by atoms with van der Waals surface area (Å²) < 4.78 is 2.37. The summed E-state index contributed by atoms with van der Waals surface area (Å²) in [6.45, 7) is 4.69. The van der Waals surface area contributed by atoms with Gasteiger partial charge in [0.15, 0.2) is 0 Å². The van der Waals surface area contributed by atoms with Gasteiger partial charge in [0.05, 0.1) is 11.0 Å². The van der Waals surface area contributed by atoms with E-state index in [9.17, 15) is 0 Å². The molecule has 0 bridgehead atoms. The molecule has 0 aliphatic heterocycles. The maximum absolute atomic E-state index is 2.40. The molecule has 0 saturated carbocycles. The summed E-state index contributed by atoms with van der Waals surface area (Å²) >= 11 is 0. The van der Waals surface area contributed by atoms with Crippen molar-refractivity contribution < 1.29 is 0 Å². The number of para-hydroxylation sites is 3. The fourth-order valence-corrected chi connectivity index (χ4v) is 7.67. The molecule has 0 amide bonds. The average molecular weight is 603 g/mol. The topological polar surface area (TPSA) is 8.17 Å². The van der Waals surface area contributed by atoms with Crippen LogP contribution in [0.25, 0.3) is 49.7 Å². The second-order valence-electron chi connectivity index (χ2n) is 13.0. The Labute approximate surface area is 275 Å². The molecule has 0 N–H and O–H groups in total. The van der Waals surface area contributed by atoms with Crippen molar-refractivity contribution in [3.63, 3.8) is 0 Å². The minimum atomic E-state index is -0.0591. The molecule has 0 fully saturated rings. The van der Waals surface area contributed by atoms with Gasteiger partial charge >= 0.3 is 0 Å². The Morgan fingerprint density at radius 1 is 0.426 bits per heavy atom. The van der Waals surface area contributed by atoms with E-state index in [0.717, 1.165) is 11.4 Å². The highest BCUT2D eigenvalue weighted by molar-refractivity contribution is 6.10. The Morgan fingerprint density at radius 2 is 1.02 bits per heavy atom. The normalized spacial score (nSPS) is 13.1. The number of hydrogen-bond donors (Lipinski definition) is 0. The first-order valence-corrected chi connectivity index (χ1v) is 16.4. The van der Waals surface area contributed by atoms with Crippen LogP contribution in [-0.4, -0.2) is 4.57 Å².